The van der Waals surface area contributed by atoms with Crippen molar-refractivity contribution in [3.05, 3.63) is 46.7 Å². The van der Waals surface area contributed by atoms with E-state index in [1.807, 2.05) is 6.92 Å². The van der Waals surface area contributed by atoms with Crippen LogP contribution in [-0.2, 0) is 6.54 Å². The fraction of sp³-hybridized carbons (Fsp3) is 0.167. The molecule has 0 radical (unpaired) electrons. The third kappa shape index (κ3) is 2.31. The number of halogens is 1. The van der Waals surface area contributed by atoms with Gasteiger partial charge in [0.1, 0.15) is 0 Å². The van der Waals surface area contributed by atoms with Gasteiger partial charge in [0.25, 0.3) is 0 Å². The van der Waals surface area contributed by atoms with Gasteiger partial charge in [-0.15, -0.1) is 0 Å². The zero-order valence-corrected chi connectivity index (χ0v) is 10.1. The van der Waals surface area contributed by atoms with E-state index in [0.29, 0.717) is 21.8 Å². The van der Waals surface area contributed by atoms with Crippen molar-refractivity contribution in [2.45, 2.75) is 13.5 Å². The van der Waals surface area contributed by atoms with Crippen LogP contribution in [0.15, 0.2) is 30.6 Å². The molecule has 0 saturated carbocycles. The lowest BCUT2D eigenvalue weighted by atomic mass is 10.1. The number of nitrogen functional groups attached to an aromatic ring is 1. The Hall–Kier alpha value is -1.81. The van der Waals surface area contributed by atoms with Crippen LogP contribution >= 0.6 is 11.6 Å². The normalized spacial score (nSPS) is 10.5. The van der Waals surface area contributed by atoms with E-state index in [-0.39, 0.29) is 5.78 Å². The summed E-state index contributed by atoms with van der Waals surface area (Å²) in [5, 5.41) is 4.51. The van der Waals surface area contributed by atoms with E-state index >= 15 is 0 Å². The SMILES string of the molecule is CCn1cc(C(=O)c2ccc(Cl)c(N)c2)cn1. The Morgan fingerprint density at radius 2 is 2.24 bits per heavy atom. The molecule has 0 spiro atoms. The van der Waals surface area contributed by atoms with Crippen molar-refractivity contribution in [1.82, 2.24) is 9.78 Å². The number of aromatic nitrogens is 2. The molecule has 0 aliphatic heterocycles. The minimum atomic E-state index is -0.104. The average Bonchev–Trinajstić information content (AvgIpc) is 2.80. The Kier molecular flexibility index (Phi) is 3.15. The maximum atomic E-state index is 12.1. The number of hydrogen-bond acceptors (Lipinski definition) is 3. The Labute approximate surface area is 104 Å². The number of carbonyl (C=O) groups is 1. The molecule has 0 aliphatic rings. The molecule has 88 valence electrons. The summed E-state index contributed by atoms with van der Waals surface area (Å²) in [5.41, 5.74) is 7.13. The van der Waals surface area contributed by atoms with E-state index in [9.17, 15) is 4.79 Å². The van der Waals surface area contributed by atoms with E-state index in [2.05, 4.69) is 5.10 Å². The fourth-order valence-electron chi connectivity index (χ4n) is 1.51. The zero-order valence-electron chi connectivity index (χ0n) is 9.35. The molecule has 0 aliphatic carbocycles. The van der Waals surface area contributed by atoms with Crippen molar-refractivity contribution < 1.29 is 4.79 Å². The predicted molar refractivity (Wildman–Crippen MR) is 67.2 cm³/mol. The average molecular weight is 250 g/mol. The zero-order chi connectivity index (χ0) is 12.4. The molecule has 17 heavy (non-hydrogen) atoms. The number of carbonyl (C=O) groups excluding carboxylic acids is 1. The minimum absolute atomic E-state index is 0.104. The summed E-state index contributed by atoms with van der Waals surface area (Å²) in [4.78, 5) is 12.1. The van der Waals surface area contributed by atoms with Gasteiger partial charge in [0, 0.05) is 18.3 Å². The van der Waals surface area contributed by atoms with E-state index in [1.54, 1.807) is 35.3 Å². The number of aryl methyl sites for hydroxylation is 1. The Balaban J connectivity index is 2.33. The van der Waals surface area contributed by atoms with Crippen LogP contribution in [0.4, 0.5) is 5.69 Å². The van der Waals surface area contributed by atoms with Gasteiger partial charge < -0.3 is 5.73 Å². The summed E-state index contributed by atoms with van der Waals surface area (Å²) in [6, 6.07) is 4.85. The molecule has 2 aromatic rings. The fourth-order valence-corrected chi connectivity index (χ4v) is 1.62. The highest BCUT2D eigenvalue weighted by atomic mass is 35.5. The molecule has 1 aromatic heterocycles. The highest BCUT2D eigenvalue weighted by molar-refractivity contribution is 6.33. The van der Waals surface area contributed by atoms with Crippen LogP contribution in [0.2, 0.25) is 5.02 Å². The number of ketones is 1. The molecule has 0 saturated heterocycles. The Bertz CT molecular complexity index is 563. The van der Waals surface area contributed by atoms with Gasteiger partial charge in [-0.25, -0.2) is 0 Å². The first-order valence-electron chi connectivity index (χ1n) is 5.24. The number of hydrogen-bond donors (Lipinski definition) is 1. The van der Waals surface area contributed by atoms with Gasteiger partial charge in [-0.05, 0) is 25.1 Å². The molecule has 5 heteroatoms. The van der Waals surface area contributed by atoms with Gasteiger partial charge >= 0.3 is 0 Å². The van der Waals surface area contributed by atoms with Crippen LogP contribution in [0.5, 0.6) is 0 Å². The smallest absolute Gasteiger partial charge is 0.196 e. The van der Waals surface area contributed by atoms with Gasteiger partial charge in [-0.3, -0.25) is 9.48 Å². The molecular formula is C12H12ClN3O. The van der Waals surface area contributed by atoms with Gasteiger partial charge in [0.2, 0.25) is 0 Å². The second-order valence-corrected chi connectivity index (χ2v) is 4.06. The molecule has 0 fully saturated rings. The van der Waals surface area contributed by atoms with E-state index in [0.717, 1.165) is 6.54 Å². The van der Waals surface area contributed by atoms with Crippen LogP contribution in [0, 0.1) is 0 Å². The molecule has 1 heterocycles. The van der Waals surface area contributed by atoms with Crippen LogP contribution in [0.25, 0.3) is 0 Å². The maximum absolute atomic E-state index is 12.1. The largest absolute Gasteiger partial charge is 0.398 e. The lowest BCUT2D eigenvalue weighted by Crippen LogP contribution is -2.01. The van der Waals surface area contributed by atoms with Crippen LogP contribution in [0.1, 0.15) is 22.8 Å². The predicted octanol–water partition coefficient (Wildman–Crippen LogP) is 2.37. The van der Waals surface area contributed by atoms with Crippen molar-refractivity contribution in [3.63, 3.8) is 0 Å². The standard InChI is InChI=1S/C12H12ClN3O/c1-2-16-7-9(6-15-16)12(17)8-3-4-10(13)11(14)5-8/h3-7H,2,14H2,1H3. The Morgan fingerprint density at radius 3 is 2.82 bits per heavy atom. The molecule has 0 atom stereocenters. The third-order valence-electron chi connectivity index (χ3n) is 2.48. The van der Waals surface area contributed by atoms with Gasteiger partial charge in [0.05, 0.1) is 22.5 Å². The molecule has 0 amide bonds. The molecule has 1 aromatic carbocycles. The summed E-state index contributed by atoms with van der Waals surface area (Å²) in [6.45, 7) is 2.69. The molecule has 4 nitrogen and oxygen atoms in total. The van der Waals surface area contributed by atoms with Gasteiger partial charge in [0.15, 0.2) is 5.78 Å². The van der Waals surface area contributed by atoms with Crippen molar-refractivity contribution >= 4 is 23.1 Å². The molecule has 2 rings (SSSR count). The first-order chi connectivity index (χ1) is 8.11. The van der Waals surface area contributed by atoms with Crippen molar-refractivity contribution in [2.75, 3.05) is 5.73 Å². The van der Waals surface area contributed by atoms with Crippen molar-refractivity contribution in [1.29, 1.82) is 0 Å². The molecule has 0 bridgehead atoms. The number of benzene rings is 1. The van der Waals surface area contributed by atoms with Crippen molar-refractivity contribution in [2.24, 2.45) is 0 Å². The highest BCUT2D eigenvalue weighted by Crippen LogP contribution is 2.21. The van der Waals surface area contributed by atoms with Crippen molar-refractivity contribution in [3.8, 4) is 0 Å². The maximum Gasteiger partial charge on any atom is 0.196 e. The van der Waals surface area contributed by atoms with Gasteiger partial charge in [-0.2, -0.15) is 5.10 Å². The van der Waals surface area contributed by atoms with E-state index in [4.69, 9.17) is 17.3 Å². The summed E-state index contributed by atoms with van der Waals surface area (Å²) < 4.78 is 1.70. The monoisotopic (exact) mass is 249 g/mol. The number of anilines is 1. The highest BCUT2D eigenvalue weighted by Gasteiger charge is 2.12. The first-order valence-corrected chi connectivity index (χ1v) is 5.61. The van der Waals surface area contributed by atoms with Crippen LogP contribution in [0.3, 0.4) is 0 Å². The number of rotatable bonds is 3. The van der Waals surface area contributed by atoms with Crippen LogP contribution < -0.4 is 5.73 Å². The number of nitrogens with two attached hydrogens (primary N) is 1. The topological polar surface area (TPSA) is 60.9 Å². The quantitative estimate of drug-likeness (QED) is 0.671. The molecule has 0 unspecified atom stereocenters. The lowest BCUT2D eigenvalue weighted by molar-refractivity contribution is 0.103. The van der Waals surface area contributed by atoms with E-state index < -0.39 is 0 Å². The van der Waals surface area contributed by atoms with E-state index in [1.165, 1.54) is 0 Å². The lowest BCUT2D eigenvalue weighted by Gasteiger charge is -2.01. The second kappa shape index (κ2) is 4.59. The second-order valence-electron chi connectivity index (χ2n) is 3.65. The number of nitrogens with zero attached hydrogens (tertiary/aromatic N) is 2. The van der Waals surface area contributed by atoms with Gasteiger partial charge in [-0.1, -0.05) is 11.6 Å². The summed E-state index contributed by atoms with van der Waals surface area (Å²) in [7, 11) is 0. The molecular weight excluding hydrogens is 238 g/mol. The summed E-state index contributed by atoms with van der Waals surface area (Å²) >= 11 is 5.81. The minimum Gasteiger partial charge on any atom is -0.398 e. The first kappa shape index (κ1) is 11.7. The summed E-state index contributed by atoms with van der Waals surface area (Å²) in [5.74, 6) is -0.104. The summed E-state index contributed by atoms with van der Waals surface area (Å²) in [6.07, 6.45) is 3.27. The third-order valence-corrected chi connectivity index (χ3v) is 2.82. The van der Waals surface area contributed by atoms with Crippen LogP contribution in [-0.4, -0.2) is 15.6 Å². The molecule has 2 N–H and O–H groups in total. The Morgan fingerprint density at radius 1 is 1.47 bits per heavy atom.